The van der Waals surface area contributed by atoms with E-state index in [0.29, 0.717) is 5.92 Å². The summed E-state index contributed by atoms with van der Waals surface area (Å²) in [5.74, 6) is 0.406. The zero-order valence-corrected chi connectivity index (χ0v) is 14.9. The average Bonchev–Trinajstić information content (AvgIpc) is 3.00. The summed E-state index contributed by atoms with van der Waals surface area (Å²) in [6.45, 7) is 8.93. The zero-order valence-electron chi connectivity index (χ0n) is 14.9. The first-order valence-corrected chi connectivity index (χ1v) is 8.78. The Morgan fingerprint density at radius 2 is 2.08 bits per heavy atom. The molecule has 0 bridgehead atoms. The molecule has 2 aromatic rings. The van der Waals surface area contributed by atoms with Gasteiger partial charge in [-0.2, -0.15) is 5.10 Å². The highest BCUT2D eigenvalue weighted by atomic mass is 16.5. The lowest BCUT2D eigenvalue weighted by atomic mass is 10.1. The fraction of sp³-hybridized carbons (Fsp3) is 0.526. The van der Waals surface area contributed by atoms with Crippen molar-refractivity contribution >= 4 is 0 Å². The van der Waals surface area contributed by atoms with Crippen molar-refractivity contribution in [1.82, 2.24) is 20.0 Å². The van der Waals surface area contributed by atoms with Crippen molar-refractivity contribution in [3.63, 3.8) is 0 Å². The first kappa shape index (κ1) is 17.1. The Hall–Kier alpha value is -1.69. The number of nitrogens with one attached hydrogen (secondary N) is 1. The molecule has 1 aliphatic rings. The predicted octanol–water partition coefficient (Wildman–Crippen LogP) is 2.42. The molecule has 1 fully saturated rings. The summed E-state index contributed by atoms with van der Waals surface area (Å²) in [6.07, 6.45) is 2.42. The third-order valence-electron chi connectivity index (χ3n) is 4.42. The Morgan fingerprint density at radius 1 is 1.29 bits per heavy atom. The van der Waals surface area contributed by atoms with E-state index >= 15 is 0 Å². The monoisotopic (exact) mass is 328 g/mol. The Labute approximate surface area is 144 Å². The van der Waals surface area contributed by atoms with Gasteiger partial charge in [0.2, 0.25) is 0 Å². The fourth-order valence-corrected chi connectivity index (χ4v) is 3.12. The molecule has 0 spiro atoms. The van der Waals surface area contributed by atoms with Gasteiger partial charge >= 0.3 is 0 Å². The number of aromatic nitrogens is 2. The van der Waals surface area contributed by atoms with Crippen LogP contribution in [0.3, 0.4) is 0 Å². The molecule has 0 saturated carbocycles. The van der Waals surface area contributed by atoms with E-state index in [0.717, 1.165) is 44.2 Å². The summed E-state index contributed by atoms with van der Waals surface area (Å²) in [7, 11) is 2.15. The maximum Gasteiger partial charge on any atom is 0.0826 e. The molecule has 1 N–H and O–H groups in total. The van der Waals surface area contributed by atoms with Crippen LogP contribution in [-0.4, -0.2) is 54.1 Å². The number of rotatable bonds is 6. The first-order chi connectivity index (χ1) is 11.6. The van der Waals surface area contributed by atoms with Gasteiger partial charge in [-0.15, -0.1) is 0 Å². The molecule has 2 heterocycles. The maximum atomic E-state index is 5.81. The highest BCUT2D eigenvalue weighted by molar-refractivity contribution is 5.33. The molecule has 1 atom stereocenters. The molecule has 1 aliphatic heterocycles. The van der Waals surface area contributed by atoms with Crippen molar-refractivity contribution in [2.24, 2.45) is 0 Å². The van der Waals surface area contributed by atoms with Gasteiger partial charge in [0.05, 0.1) is 24.1 Å². The van der Waals surface area contributed by atoms with Gasteiger partial charge in [0, 0.05) is 37.9 Å². The third kappa shape index (κ3) is 4.23. The fourth-order valence-electron chi connectivity index (χ4n) is 3.12. The zero-order chi connectivity index (χ0) is 16.9. The van der Waals surface area contributed by atoms with Gasteiger partial charge in [0.25, 0.3) is 0 Å². The third-order valence-corrected chi connectivity index (χ3v) is 4.42. The summed E-state index contributed by atoms with van der Waals surface area (Å²) >= 11 is 0. The highest BCUT2D eigenvalue weighted by Gasteiger charge is 2.18. The van der Waals surface area contributed by atoms with Crippen LogP contribution in [0.5, 0.6) is 0 Å². The predicted molar refractivity (Wildman–Crippen MR) is 96.6 cm³/mol. The van der Waals surface area contributed by atoms with Crippen LogP contribution in [-0.2, 0) is 11.3 Å². The van der Waals surface area contributed by atoms with Crippen LogP contribution in [0.2, 0.25) is 0 Å². The van der Waals surface area contributed by atoms with E-state index in [1.807, 2.05) is 22.9 Å². The number of likely N-dealkylation sites (N-methyl/N-ethyl adjacent to an activating group) is 1. The van der Waals surface area contributed by atoms with Crippen molar-refractivity contribution in [2.45, 2.75) is 32.4 Å². The van der Waals surface area contributed by atoms with E-state index in [4.69, 9.17) is 9.84 Å². The highest BCUT2D eigenvalue weighted by Crippen LogP contribution is 2.20. The van der Waals surface area contributed by atoms with E-state index in [2.05, 4.69) is 49.4 Å². The number of morpholine rings is 1. The van der Waals surface area contributed by atoms with E-state index in [9.17, 15) is 0 Å². The summed E-state index contributed by atoms with van der Waals surface area (Å²) in [5.41, 5.74) is 3.52. The summed E-state index contributed by atoms with van der Waals surface area (Å²) in [6, 6.07) is 10.3. The van der Waals surface area contributed by atoms with Gasteiger partial charge in [-0.1, -0.05) is 32.0 Å². The lowest BCUT2D eigenvalue weighted by Crippen LogP contribution is -2.44. The van der Waals surface area contributed by atoms with Crippen molar-refractivity contribution in [3.05, 3.63) is 47.8 Å². The van der Waals surface area contributed by atoms with E-state index < -0.39 is 0 Å². The standard InChI is InChI=1S/C19H28N4O/c1-15(2)19-16(11-20-12-18-14-22(3)9-10-24-18)13-23(21-19)17-7-5-4-6-8-17/h4-8,13,15,18,20H,9-12,14H2,1-3H3/t18-/m0/s1. The second kappa shape index (κ2) is 7.92. The SMILES string of the molecule is CC(C)c1nn(-c2ccccc2)cc1CNC[C@H]1CN(C)CCO1. The van der Waals surface area contributed by atoms with Gasteiger partial charge in [0.1, 0.15) is 0 Å². The van der Waals surface area contributed by atoms with Crippen LogP contribution in [0.25, 0.3) is 5.69 Å². The number of hydrogen-bond donors (Lipinski definition) is 1. The Kier molecular flexibility index (Phi) is 5.66. The van der Waals surface area contributed by atoms with E-state index in [1.165, 1.54) is 5.56 Å². The van der Waals surface area contributed by atoms with Crippen LogP contribution < -0.4 is 5.32 Å². The second-order valence-electron chi connectivity index (χ2n) is 6.86. The number of nitrogens with zero attached hydrogens (tertiary/aromatic N) is 3. The lowest BCUT2D eigenvalue weighted by molar-refractivity contribution is -0.0182. The minimum Gasteiger partial charge on any atom is -0.374 e. The number of hydrogen-bond acceptors (Lipinski definition) is 4. The van der Waals surface area contributed by atoms with Gasteiger partial charge < -0.3 is 15.0 Å². The topological polar surface area (TPSA) is 42.3 Å². The first-order valence-electron chi connectivity index (χ1n) is 8.78. The minimum absolute atomic E-state index is 0.274. The molecule has 5 heteroatoms. The molecule has 1 aromatic heterocycles. The Morgan fingerprint density at radius 3 is 2.79 bits per heavy atom. The summed E-state index contributed by atoms with van der Waals surface area (Å²) < 4.78 is 7.80. The van der Waals surface area contributed by atoms with E-state index in [-0.39, 0.29) is 6.10 Å². The summed E-state index contributed by atoms with van der Waals surface area (Å²) in [4.78, 5) is 2.32. The summed E-state index contributed by atoms with van der Waals surface area (Å²) in [5, 5.41) is 8.34. The van der Waals surface area contributed by atoms with Crippen molar-refractivity contribution < 1.29 is 4.74 Å². The van der Waals surface area contributed by atoms with E-state index in [1.54, 1.807) is 0 Å². The number of benzene rings is 1. The van der Waals surface area contributed by atoms with Gasteiger partial charge in [-0.3, -0.25) is 0 Å². The quantitative estimate of drug-likeness (QED) is 0.884. The Balaban J connectivity index is 1.65. The molecule has 130 valence electrons. The maximum absolute atomic E-state index is 5.81. The van der Waals surface area contributed by atoms with Gasteiger partial charge in [-0.25, -0.2) is 4.68 Å². The van der Waals surface area contributed by atoms with Crippen LogP contribution in [0.1, 0.15) is 31.0 Å². The van der Waals surface area contributed by atoms with Crippen LogP contribution >= 0.6 is 0 Å². The van der Waals surface area contributed by atoms with Crippen molar-refractivity contribution in [2.75, 3.05) is 33.3 Å². The van der Waals surface area contributed by atoms with Gasteiger partial charge in [-0.05, 0) is 25.1 Å². The average molecular weight is 328 g/mol. The van der Waals surface area contributed by atoms with Crippen molar-refractivity contribution in [3.8, 4) is 5.69 Å². The number of ether oxygens (including phenoxy) is 1. The van der Waals surface area contributed by atoms with Crippen molar-refractivity contribution in [1.29, 1.82) is 0 Å². The largest absolute Gasteiger partial charge is 0.374 e. The Bertz CT molecular complexity index is 638. The normalized spacial score (nSPS) is 19.1. The molecule has 0 amide bonds. The molecule has 0 unspecified atom stereocenters. The van der Waals surface area contributed by atoms with Crippen LogP contribution in [0.15, 0.2) is 36.5 Å². The molecule has 3 rings (SSSR count). The number of para-hydroxylation sites is 1. The molecule has 1 saturated heterocycles. The van der Waals surface area contributed by atoms with Crippen LogP contribution in [0, 0.1) is 0 Å². The van der Waals surface area contributed by atoms with Crippen LogP contribution in [0.4, 0.5) is 0 Å². The van der Waals surface area contributed by atoms with Gasteiger partial charge in [0.15, 0.2) is 0 Å². The molecule has 24 heavy (non-hydrogen) atoms. The minimum atomic E-state index is 0.274. The molecular weight excluding hydrogens is 300 g/mol. The molecule has 0 aliphatic carbocycles. The molecular formula is C19H28N4O. The smallest absolute Gasteiger partial charge is 0.0826 e. The molecule has 1 aromatic carbocycles. The molecule has 5 nitrogen and oxygen atoms in total. The lowest BCUT2D eigenvalue weighted by Gasteiger charge is -2.30. The second-order valence-corrected chi connectivity index (χ2v) is 6.86. The molecule has 0 radical (unpaired) electrons.